The second-order valence-corrected chi connectivity index (χ2v) is 8.41. The van der Waals surface area contributed by atoms with E-state index < -0.39 is 14.6 Å². The Morgan fingerprint density at radius 1 is 1.22 bits per heavy atom. The van der Waals surface area contributed by atoms with Gasteiger partial charge >= 0.3 is 0 Å². The van der Waals surface area contributed by atoms with Crippen LogP contribution in [0.25, 0.3) is 0 Å². The van der Waals surface area contributed by atoms with Crippen LogP contribution in [0, 0.1) is 5.82 Å². The van der Waals surface area contributed by atoms with Crippen molar-refractivity contribution in [2.75, 3.05) is 26.4 Å². The quantitative estimate of drug-likeness (QED) is 0.390. The van der Waals surface area contributed by atoms with Crippen molar-refractivity contribution in [1.82, 2.24) is 10.6 Å². The van der Waals surface area contributed by atoms with Crippen LogP contribution < -0.4 is 10.6 Å². The fourth-order valence-electron chi connectivity index (χ4n) is 1.62. The van der Waals surface area contributed by atoms with Gasteiger partial charge in [-0.3, -0.25) is 4.99 Å². The first-order valence-electron chi connectivity index (χ1n) is 7.04. The summed E-state index contributed by atoms with van der Waals surface area (Å²) in [7, 11) is -1.53. The molecule has 2 N–H and O–H groups in total. The Morgan fingerprint density at radius 2 is 1.78 bits per heavy atom. The van der Waals surface area contributed by atoms with Gasteiger partial charge in [-0.1, -0.05) is 12.1 Å². The summed E-state index contributed by atoms with van der Waals surface area (Å²) in [5, 5.41) is 6.12. The van der Waals surface area contributed by atoms with Crippen LogP contribution in [0.1, 0.15) is 19.4 Å². The molecular weight excluding hydrogens is 432 g/mol. The lowest BCUT2D eigenvalue weighted by Gasteiger charge is -2.24. The van der Waals surface area contributed by atoms with Gasteiger partial charge in [0, 0.05) is 26.4 Å². The van der Waals surface area contributed by atoms with Gasteiger partial charge in [0.1, 0.15) is 5.82 Å². The molecule has 0 atom stereocenters. The molecule has 5 nitrogen and oxygen atoms in total. The number of benzene rings is 1. The van der Waals surface area contributed by atoms with Crippen molar-refractivity contribution in [2.24, 2.45) is 4.99 Å². The summed E-state index contributed by atoms with van der Waals surface area (Å²) < 4.78 is 35.2. The predicted molar refractivity (Wildman–Crippen MR) is 104 cm³/mol. The molecule has 0 aliphatic carbocycles. The van der Waals surface area contributed by atoms with Crippen LogP contribution in [-0.4, -0.2) is 45.5 Å². The van der Waals surface area contributed by atoms with E-state index in [2.05, 4.69) is 15.6 Å². The summed E-state index contributed by atoms with van der Waals surface area (Å²) in [5.74, 6) is 0.288. The molecule has 23 heavy (non-hydrogen) atoms. The van der Waals surface area contributed by atoms with Gasteiger partial charge in [-0.05, 0) is 38.0 Å². The van der Waals surface area contributed by atoms with Crippen molar-refractivity contribution in [3.63, 3.8) is 0 Å². The highest BCUT2D eigenvalue weighted by molar-refractivity contribution is 14.0. The largest absolute Gasteiger partial charge is 0.356 e. The highest BCUT2D eigenvalue weighted by Gasteiger charge is 2.30. The third-order valence-corrected chi connectivity index (χ3v) is 5.68. The van der Waals surface area contributed by atoms with E-state index in [9.17, 15) is 12.8 Å². The first kappa shape index (κ1) is 22.1. The Hall–Kier alpha value is -0.900. The van der Waals surface area contributed by atoms with Gasteiger partial charge < -0.3 is 10.6 Å². The fraction of sp³-hybridized carbons (Fsp3) is 0.533. The van der Waals surface area contributed by atoms with Crippen LogP contribution in [-0.2, 0) is 16.3 Å². The molecule has 0 aliphatic heterocycles. The summed E-state index contributed by atoms with van der Waals surface area (Å²) in [6, 6.07) is 6.33. The van der Waals surface area contributed by atoms with Crippen LogP contribution in [0.3, 0.4) is 0 Å². The number of nitrogens with zero attached hydrogens (tertiary/aromatic N) is 1. The molecule has 0 aliphatic rings. The Balaban J connectivity index is 0.00000484. The zero-order valence-electron chi connectivity index (χ0n) is 13.9. The van der Waals surface area contributed by atoms with E-state index in [0.717, 1.165) is 12.0 Å². The monoisotopic (exact) mass is 457 g/mol. The predicted octanol–water partition coefficient (Wildman–Crippen LogP) is 1.97. The molecule has 0 amide bonds. The third-order valence-electron chi connectivity index (χ3n) is 3.53. The third kappa shape index (κ3) is 7.47. The van der Waals surface area contributed by atoms with E-state index in [1.807, 2.05) is 0 Å². The van der Waals surface area contributed by atoms with E-state index in [0.29, 0.717) is 12.5 Å². The number of halogens is 2. The second kappa shape index (κ2) is 9.41. The van der Waals surface area contributed by atoms with E-state index in [4.69, 9.17) is 0 Å². The Morgan fingerprint density at radius 3 is 2.26 bits per heavy atom. The molecule has 8 heteroatoms. The number of nitrogens with one attached hydrogen (secondary N) is 2. The summed E-state index contributed by atoms with van der Waals surface area (Å²) in [4.78, 5) is 4.06. The number of hydrogen-bond donors (Lipinski definition) is 2. The number of aliphatic imine (C=N–C) groups is 1. The van der Waals surface area contributed by atoms with Gasteiger partial charge in [-0.2, -0.15) is 0 Å². The Kier molecular flexibility index (Phi) is 9.04. The molecule has 0 aromatic heterocycles. The van der Waals surface area contributed by atoms with Crippen molar-refractivity contribution in [2.45, 2.75) is 25.0 Å². The van der Waals surface area contributed by atoms with Crippen LogP contribution in [0.5, 0.6) is 0 Å². The molecule has 0 radical (unpaired) electrons. The minimum atomic E-state index is -3.15. The van der Waals surface area contributed by atoms with Crippen LogP contribution in [0.4, 0.5) is 4.39 Å². The molecule has 0 bridgehead atoms. The van der Waals surface area contributed by atoms with Crippen molar-refractivity contribution >= 4 is 39.8 Å². The summed E-state index contributed by atoms with van der Waals surface area (Å²) in [5.41, 5.74) is 1.01. The van der Waals surface area contributed by atoms with Gasteiger partial charge in [0.25, 0.3) is 0 Å². The number of sulfone groups is 1. The average molecular weight is 457 g/mol. The highest BCUT2D eigenvalue weighted by Crippen LogP contribution is 2.13. The lowest BCUT2D eigenvalue weighted by molar-refractivity contribution is 0.544. The van der Waals surface area contributed by atoms with Crippen LogP contribution in [0.2, 0.25) is 0 Å². The lowest BCUT2D eigenvalue weighted by Crippen LogP contribution is -2.48. The topological polar surface area (TPSA) is 70.6 Å². The smallest absolute Gasteiger partial charge is 0.191 e. The molecule has 1 aromatic rings. The maximum absolute atomic E-state index is 12.8. The molecule has 0 saturated heterocycles. The Labute approximate surface area is 155 Å². The molecule has 0 saturated carbocycles. The van der Waals surface area contributed by atoms with Crippen molar-refractivity contribution in [3.05, 3.63) is 35.6 Å². The molecular formula is C15H25FIN3O2S. The first-order valence-corrected chi connectivity index (χ1v) is 8.93. The molecule has 0 spiro atoms. The summed E-state index contributed by atoms with van der Waals surface area (Å²) in [6.45, 7) is 4.22. The van der Waals surface area contributed by atoms with Gasteiger partial charge in [0.2, 0.25) is 0 Å². The van der Waals surface area contributed by atoms with E-state index >= 15 is 0 Å². The first-order chi connectivity index (χ1) is 10.2. The SMILES string of the molecule is CN=C(NCCc1ccc(F)cc1)NCC(C)(C)S(C)(=O)=O.I. The van der Waals surface area contributed by atoms with Crippen LogP contribution >= 0.6 is 24.0 Å². The highest BCUT2D eigenvalue weighted by atomic mass is 127. The summed E-state index contributed by atoms with van der Waals surface area (Å²) >= 11 is 0. The second-order valence-electron chi connectivity index (χ2n) is 5.76. The molecule has 1 rings (SSSR count). The minimum absolute atomic E-state index is 0. The van der Waals surface area contributed by atoms with Crippen molar-refractivity contribution in [3.8, 4) is 0 Å². The van der Waals surface area contributed by atoms with Crippen LogP contribution in [0.15, 0.2) is 29.3 Å². The zero-order valence-corrected chi connectivity index (χ0v) is 17.0. The van der Waals surface area contributed by atoms with Gasteiger partial charge in [-0.25, -0.2) is 12.8 Å². The molecule has 0 unspecified atom stereocenters. The van der Waals surface area contributed by atoms with Crippen molar-refractivity contribution < 1.29 is 12.8 Å². The maximum Gasteiger partial charge on any atom is 0.191 e. The van der Waals surface area contributed by atoms with Crippen molar-refractivity contribution in [1.29, 1.82) is 0 Å². The standard InChI is InChI=1S/C15H24FN3O2S.HI/c1-15(2,22(4,20)21)11-19-14(17-3)18-10-9-12-5-7-13(16)8-6-12;/h5-8H,9-11H2,1-4H3,(H2,17,18,19);1H. The molecule has 1 aromatic carbocycles. The number of rotatable bonds is 6. The fourth-order valence-corrected chi connectivity index (χ4v) is 1.96. The lowest BCUT2D eigenvalue weighted by atomic mass is 10.1. The summed E-state index contributed by atoms with van der Waals surface area (Å²) in [6.07, 6.45) is 1.94. The molecule has 0 fully saturated rings. The van der Waals surface area contributed by atoms with Gasteiger partial charge in [0.05, 0.1) is 4.75 Å². The maximum atomic E-state index is 12.8. The van der Waals surface area contributed by atoms with E-state index in [-0.39, 0.29) is 36.3 Å². The van der Waals surface area contributed by atoms with Gasteiger partial charge in [0.15, 0.2) is 15.8 Å². The average Bonchev–Trinajstić information content (AvgIpc) is 2.43. The Bertz CT molecular complexity index is 616. The number of hydrogen-bond acceptors (Lipinski definition) is 3. The normalized spacial score (nSPS) is 12.5. The van der Waals surface area contributed by atoms with E-state index in [1.54, 1.807) is 33.0 Å². The number of guanidine groups is 1. The zero-order chi connectivity index (χ0) is 16.8. The van der Waals surface area contributed by atoms with E-state index in [1.165, 1.54) is 18.4 Å². The molecule has 132 valence electrons. The minimum Gasteiger partial charge on any atom is -0.356 e. The molecule has 0 heterocycles. The van der Waals surface area contributed by atoms with Gasteiger partial charge in [-0.15, -0.1) is 24.0 Å².